The summed E-state index contributed by atoms with van der Waals surface area (Å²) in [6.45, 7) is 5.34. The Morgan fingerprint density at radius 2 is 1.84 bits per heavy atom. The van der Waals surface area contributed by atoms with Crippen molar-refractivity contribution in [1.82, 2.24) is 20.3 Å². The first-order valence-corrected chi connectivity index (χ1v) is 13.2. The van der Waals surface area contributed by atoms with Crippen LogP contribution in [-0.2, 0) is 18.6 Å². The van der Waals surface area contributed by atoms with E-state index in [1.165, 1.54) is 21.2 Å². The quantitative estimate of drug-likeness (QED) is 0.220. The van der Waals surface area contributed by atoms with Crippen LogP contribution in [0.4, 0.5) is 23.3 Å². The van der Waals surface area contributed by atoms with Gasteiger partial charge in [-0.1, -0.05) is 30.3 Å². The number of fused-ring (bicyclic) bond motifs is 2. The van der Waals surface area contributed by atoms with Gasteiger partial charge in [-0.15, -0.1) is 11.3 Å². The van der Waals surface area contributed by atoms with Crippen LogP contribution in [0.15, 0.2) is 72.9 Å². The van der Waals surface area contributed by atoms with Crippen molar-refractivity contribution in [3.63, 3.8) is 0 Å². The molecule has 7 nitrogen and oxygen atoms in total. The molecule has 0 aliphatic carbocycles. The average molecular weight is 509 g/mol. The van der Waals surface area contributed by atoms with E-state index in [1.807, 2.05) is 36.5 Å². The lowest BCUT2D eigenvalue weighted by molar-refractivity contribution is 0.0740. The van der Waals surface area contributed by atoms with Crippen LogP contribution in [0.1, 0.15) is 30.7 Å². The summed E-state index contributed by atoms with van der Waals surface area (Å²) in [5.74, 6) is 1.75. The third-order valence-corrected chi connectivity index (χ3v) is 7.60. The zero-order chi connectivity index (χ0) is 25.4. The SMILES string of the molecule is CC(C)(O)c1cccc(Nc2nc(Nc3ccc4c(c3)CCNC4)ncc2-c2cc3ccccc3s2)n1. The van der Waals surface area contributed by atoms with Crippen LogP contribution in [0.3, 0.4) is 0 Å². The molecule has 186 valence electrons. The van der Waals surface area contributed by atoms with E-state index < -0.39 is 5.60 Å². The maximum atomic E-state index is 10.5. The van der Waals surface area contributed by atoms with E-state index in [9.17, 15) is 5.11 Å². The molecule has 3 aromatic heterocycles. The smallest absolute Gasteiger partial charge is 0.229 e. The fourth-order valence-electron chi connectivity index (χ4n) is 4.48. The second kappa shape index (κ2) is 9.55. The standard InChI is InChI=1S/C29H28N6OS/c1-29(2,36)25-8-5-9-26(33-25)34-27-22(24-15-19-6-3-4-7-23(19)37-24)17-31-28(35-27)32-21-11-10-20-16-30-13-12-18(20)14-21/h3-11,14-15,17,30,36H,12-13,16H2,1-2H3,(H2,31,32,33,34,35). The molecular weight excluding hydrogens is 480 g/mol. The van der Waals surface area contributed by atoms with Crippen molar-refractivity contribution in [2.45, 2.75) is 32.4 Å². The number of anilines is 4. The number of hydrogen-bond acceptors (Lipinski definition) is 8. The van der Waals surface area contributed by atoms with Crippen LogP contribution in [0, 0.1) is 0 Å². The van der Waals surface area contributed by atoms with Gasteiger partial charge < -0.3 is 21.1 Å². The molecule has 8 heteroatoms. The van der Waals surface area contributed by atoms with Gasteiger partial charge in [0.05, 0.1) is 11.3 Å². The number of hydrogen-bond donors (Lipinski definition) is 4. The molecule has 37 heavy (non-hydrogen) atoms. The summed E-state index contributed by atoms with van der Waals surface area (Å²) in [6.07, 6.45) is 2.86. The van der Waals surface area contributed by atoms with E-state index in [1.54, 1.807) is 25.2 Å². The highest BCUT2D eigenvalue weighted by molar-refractivity contribution is 7.22. The number of aromatic nitrogens is 3. The van der Waals surface area contributed by atoms with E-state index in [0.717, 1.165) is 35.6 Å². The molecule has 2 aromatic carbocycles. The van der Waals surface area contributed by atoms with Gasteiger partial charge in [0.15, 0.2) is 0 Å². The molecule has 1 aliphatic heterocycles. The normalized spacial score (nSPS) is 13.4. The van der Waals surface area contributed by atoms with E-state index >= 15 is 0 Å². The van der Waals surface area contributed by atoms with Crippen LogP contribution in [-0.4, -0.2) is 26.6 Å². The van der Waals surface area contributed by atoms with Gasteiger partial charge in [-0.3, -0.25) is 0 Å². The Hall–Kier alpha value is -3.85. The lowest BCUT2D eigenvalue weighted by Gasteiger charge is -2.19. The maximum Gasteiger partial charge on any atom is 0.229 e. The third-order valence-electron chi connectivity index (χ3n) is 6.45. The molecule has 0 spiro atoms. The van der Waals surface area contributed by atoms with Crippen molar-refractivity contribution >= 4 is 44.7 Å². The van der Waals surface area contributed by atoms with Gasteiger partial charge in [0.25, 0.3) is 0 Å². The first kappa shape index (κ1) is 23.5. The Labute approximate surface area is 219 Å². The van der Waals surface area contributed by atoms with Crippen LogP contribution in [0.25, 0.3) is 20.5 Å². The Kier molecular flexibility index (Phi) is 6.08. The zero-order valence-corrected chi connectivity index (χ0v) is 21.6. The van der Waals surface area contributed by atoms with Gasteiger partial charge in [0.1, 0.15) is 17.2 Å². The molecule has 6 rings (SSSR count). The molecule has 0 saturated heterocycles. The number of benzene rings is 2. The van der Waals surface area contributed by atoms with E-state index in [0.29, 0.717) is 23.3 Å². The number of nitrogens with zero attached hydrogens (tertiary/aromatic N) is 3. The Morgan fingerprint density at radius 3 is 2.70 bits per heavy atom. The highest BCUT2D eigenvalue weighted by Gasteiger charge is 2.19. The summed E-state index contributed by atoms with van der Waals surface area (Å²) in [5, 5.41) is 21.8. The minimum absolute atomic E-state index is 0.500. The molecule has 0 fully saturated rings. The summed E-state index contributed by atoms with van der Waals surface area (Å²) in [5.41, 5.74) is 4.06. The molecule has 0 bridgehead atoms. The number of aliphatic hydroxyl groups is 1. The average Bonchev–Trinajstić information content (AvgIpc) is 3.33. The lowest BCUT2D eigenvalue weighted by Crippen LogP contribution is -2.23. The summed E-state index contributed by atoms with van der Waals surface area (Å²) in [4.78, 5) is 15.2. The number of thiophene rings is 1. The molecule has 4 N–H and O–H groups in total. The molecule has 4 heterocycles. The van der Waals surface area contributed by atoms with Gasteiger partial charge in [-0.05, 0) is 79.7 Å². The molecule has 5 aromatic rings. The van der Waals surface area contributed by atoms with Crippen LogP contribution in [0.5, 0.6) is 0 Å². The minimum Gasteiger partial charge on any atom is -0.384 e. The fraction of sp³-hybridized carbons (Fsp3) is 0.207. The number of rotatable bonds is 6. The molecule has 0 radical (unpaired) electrons. The van der Waals surface area contributed by atoms with Crippen molar-refractivity contribution < 1.29 is 5.11 Å². The van der Waals surface area contributed by atoms with Crippen molar-refractivity contribution in [3.05, 3.63) is 89.7 Å². The van der Waals surface area contributed by atoms with Crippen LogP contribution >= 0.6 is 11.3 Å². The predicted octanol–water partition coefficient (Wildman–Crippen LogP) is 6.11. The molecule has 0 unspecified atom stereocenters. The molecule has 1 aliphatic rings. The highest BCUT2D eigenvalue weighted by Crippen LogP contribution is 2.37. The zero-order valence-electron chi connectivity index (χ0n) is 20.7. The van der Waals surface area contributed by atoms with Crippen molar-refractivity contribution in [2.24, 2.45) is 0 Å². The van der Waals surface area contributed by atoms with Gasteiger partial charge in [0.2, 0.25) is 5.95 Å². The summed E-state index contributed by atoms with van der Waals surface area (Å²) in [7, 11) is 0. The first-order valence-electron chi connectivity index (χ1n) is 12.3. The van der Waals surface area contributed by atoms with Crippen LogP contribution in [0.2, 0.25) is 0 Å². The predicted molar refractivity (Wildman–Crippen MR) is 151 cm³/mol. The molecule has 0 atom stereocenters. The van der Waals surface area contributed by atoms with E-state index in [4.69, 9.17) is 4.98 Å². The van der Waals surface area contributed by atoms with Crippen LogP contribution < -0.4 is 16.0 Å². The van der Waals surface area contributed by atoms with Gasteiger partial charge in [-0.25, -0.2) is 9.97 Å². The maximum absolute atomic E-state index is 10.5. The number of nitrogens with one attached hydrogen (secondary N) is 3. The Balaban J connectivity index is 1.38. The first-order chi connectivity index (χ1) is 17.9. The molecule has 0 saturated carbocycles. The lowest BCUT2D eigenvalue weighted by atomic mass is 10.0. The van der Waals surface area contributed by atoms with Crippen molar-refractivity contribution in [1.29, 1.82) is 0 Å². The largest absolute Gasteiger partial charge is 0.384 e. The van der Waals surface area contributed by atoms with E-state index in [2.05, 4.69) is 62.3 Å². The second-order valence-electron chi connectivity index (χ2n) is 9.73. The Morgan fingerprint density at radius 1 is 0.946 bits per heavy atom. The van der Waals surface area contributed by atoms with Gasteiger partial charge in [0, 0.05) is 28.0 Å². The monoisotopic (exact) mass is 508 g/mol. The third kappa shape index (κ3) is 5.04. The number of pyridine rings is 1. The summed E-state index contributed by atoms with van der Waals surface area (Å²) in [6, 6.07) is 22.4. The Bertz CT molecular complexity index is 1560. The van der Waals surface area contributed by atoms with Crippen molar-refractivity contribution in [3.8, 4) is 10.4 Å². The fourth-order valence-corrected chi connectivity index (χ4v) is 5.56. The second-order valence-corrected chi connectivity index (χ2v) is 10.8. The van der Waals surface area contributed by atoms with Gasteiger partial charge in [-0.2, -0.15) is 4.98 Å². The topological polar surface area (TPSA) is 95.0 Å². The molecule has 0 amide bonds. The molecular formula is C29H28N6OS. The summed E-state index contributed by atoms with van der Waals surface area (Å²) < 4.78 is 1.20. The highest BCUT2D eigenvalue weighted by atomic mass is 32.1. The summed E-state index contributed by atoms with van der Waals surface area (Å²) >= 11 is 1.70. The van der Waals surface area contributed by atoms with Gasteiger partial charge >= 0.3 is 0 Å². The minimum atomic E-state index is -1.05. The van der Waals surface area contributed by atoms with E-state index in [-0.39, 0.29) is 0 Å². The van der Waals surface area contributed by atoms with Crippen molar-refractivity contribution in [2.75, 3.05) is 17.2 Å².